The molecule has 2 heterocycles. The van der Waals surface area contributed by atoms with Crippen LogP contribution in [0.25, 0.3) is 5.65 Å². The van der Waals surface area contributed by atoms with E-state index in [0.29, 0.717) is 24.4 Å². The molecule has 0 unspecified atom stereocenters. The van der Waals surface area contributed by atoms with Crippen molar-refractivity contribution in [2.45, 2.75) is 19.7 Å². The standard InChI is InChI=1S/C22H21N5O3/c28-15-18-8-2-1-7-17(18)13-23-21(29)24-19-9-5-6-16(12-19)14-27-22(30)26-11-4-3-10-20(26)25-27/h1-12,28H,13-15H2,(H2,23,24,29). The van der Waals surface area contributed by atoms with Gasteiger partial charge in [-0.05, 0) is 41.0 Å². The number of urea groups is 1. The average molecular weight is 403 g/mol. The van der Waals surface area contributed by atoms with E-state index in [2.05, 4.69) is 15.7 Å². The van der Waals surface area contributed by atoms with Crippen molar-refractivity contribution >= 4 is 17.4 Å². The number of amides is 2. The summed E-state index contributed by atoms with van der Waals surface area (Å²) in [4.78, 5) is 24.7. The van der Waals surface area contributed by atoms with E-state index in [1.807, 2.05) is 42.5 Å². The predicted octanol–water partition coefficient (Wildman–Crippen LogP) is 2.36. The van der Waals surface area contributed by atoms with Gasteiger partial charge in [0, 0.05) is 18.4 Å². The van der Waals surface area contributed by atoms with Crippen LogP contribution in [0, 0.1) is 0 Å². The molecule has 0 aliphatic carbocycles. The van der Waals surface area contributed by atoms with Crippen LogP contribution < -0.4 is 16.3 Å². The Bertz CT molecular complexity index is 1240. The van der Waals surface area contributed by atoms with Gasteiger partial charge in [-0.25, -0.2) is 14.3 Å². The zero-order valence-corrected chi connectivity index (χ0v) is 16.2. The van der Waals surface area contributed by atoms with Crippen molar-refractivity contribution in [3.63, 3.8) is 0 Å². The third kappa shape index (κ3) is 4.23. The number of aromatic nitrogens is 3. The summed E-state index contributed by atoms with van der Waals surface area (Å²) in [6, 6.07) is 19.7. The highest BCUT2D eigenvalue weighted by Crippen LogP contribution is 2.12. The molecule has 8 nitrogen and oxygen atoms in total. The van der Waals surface area contributed by atoms with E-state index in [1.165, 1.54) is 9.08 Å². The van der Waals surface area contributed by atoms with E-state index < -0.39 is 0 Å². The summed E-state index contributed by atoms with van der Waals surface area (Å²) in [5.41, 5.74) is 3.44. The number of aliphatic hydroxyl groups is 1. The molecule has 0 radical (unpaired) electrons. The highest BCUT2D eigenvalue weighted by atomic mass is 16.3. The summed E-state index contributed by atoms with van der Waals surface area (Å²) in [5, 5.41) is 19.3. The molecular formula is C22H21N5O3. The summed E-state index contributed by atoms with van der Waals surface area (Å²) in [7, 11) is 0. The number of carbonyl (C=O) groups is 1. The molecule has 0 aliphatic heterocycles. The minimum atomic E-state index is -0.357. The highest BCUT2D eigenvalue weighted by molar-refractivity contribution is 5.89. The molecule has 0 bridgehead atoms. The molecule has 0 atom stereocenters. The van der Waals surface area contributed by atoms with Crippen LogP contribution in [0.4, 0.5) is 10.5 Å². The normalized spacial score (nSPS) is 10.8. The Morgan fingerprint density at radius 2 is 1.80 bits per heavy atom. The van der Waals surface area contributed by atoms with Crippen molar-refractivity contribution in [3.8, 4) is 0 Å². The number of nitrogens with zero attached hydrogens (tertiary/aromatic N) is 3. The van der Waals surface area contributed by atoms with Gasteiger partial charge in [-0.2, -0.15) is 0 Å². The Labute approximate surface area is 172 Å². The lowest BCUT2D eigenvalue weighted by Crippen LogP contribution is -2.28. The second-order valence-corrected chi connectivity index (χ2v) is 6.80. The fraction of sp³-hybridized carbons (Fsp3) is 0.136. The molecule has 3 N–H and O–H groups in total. The Morgan fingerprint density at radius 1 is 1.00 bits per heavy atom. The molecule has 0 saturated heterocycles. The maximum absolute atomic E-state index is 12.4. The number of anilines is 1. The molecule has 2 aromatic heterocycles. The summed E-state index contributed by atoms with van der Waals surface area (Å²) < 4.78 is 2.88. The second kappa shape index (κ2) is 8.62. The van der Waals surface area contributed by atoms with Gasteiger partial charge in [0.05, 0.1) is 13.2 Å². The third-order valence-electron chi connectivity index (χ3n) is 4.73. The number of hydrogen-bond acceptors (Lipinski definition) is 4. The van der Waals surface area contributed by atoms with Crippen LogP contribution in [0.5, 0.6) is 0 Å². The van der Waals surface area contributed by atoms with Gasteiger partial charge in [-0.1, -0.05) is 42.5 Å². The smallest absolute Gasteiger partial charge is 0.350 e. The Morgan fingerprint density at radius 3 is 2.60 bits per heavy atom. The van der Waals surface area contributed by atoms with Crippen LogP contribution >= 0.6 is 0 Å². The van der Waals surface area contributed by atoms with Gasteiger partial charge in [0.25, 0.3) is 0 Å². The molecule has 0 saturated carbocycles. The van der Waals surface area contributed by atoms with Gasteiger partial charge in [-0.3, -0.25) is 4.40 Å². The first-order valence-corrected chi connectivity index (χ1v) is 9.49. The van der Waals surface area contributed by atoms with Gasteiger partial charge in [-0.15, -0.1) is 5.10 Å². The van der Waals surface area contributed by atoms with Gasteiger partial charge >= 0.3 is 11.7 Å². The largest absolute Gasteiger partial charge is 0.392 e. The van der Waals surface area contributed by atoms with Gasteiger partial charge < -0.3 is 15.7 Å². The van der Waals surface area contributed by atoms with E-state index in [1.54, 1.807) is 30.5 Å². The monoisotopic (exact) mass is 403 g/mol. The predicted molar refractivity (Wildman–Crippen MR) is 113 cm³/mol. The lowest BCUT2D eigenvalue weighted by molar-refractivity contribution is 0.251. The number of fused-ring (bicyclic) bond motifs is 1. The molecule has 0 aliphatic rings. The van der Waals surface area contributed by atoms with E-state index in [9.17, 15) is 14.7 Å². The first-order chi connectivity index (χ1) is 14.6. The minimum absolute atomic E-state index is 0.0794. The van der Waals surface area contributed by atoms with Crippen molar-refractivity contribution in [2.24, 2.45) is 0 Å². The Balaban J connectivity index is 1.42. The van der Waals surface area contributed by atoms with Crippen LogP contribution in [-0.4, -0.2) is 25.3 Å². The topological polar surface area (TPSA) is 101 Å². The van der Waals surface area contributed by atoms with E-state index in [0.717, 1.165) is 16.7 Å². The number of benzene rings is 2. The molecule has 152 valence electrons. The van der Waals surface area contributed by atoms with E-state index in [-0.39, 0.29) is 18.3 Å². The SMILES string of the molecule is O=C(NCc1ccccc1CO)Nc1cccc(Cn2nc3ccccn3c2=O)c1. The number of pyridine rings is 1. The molecule has 4 rings (SSSR count). The van der Waals surface area contributed by atoms with Crippen molar-refractivity contribution in [1.82, 2.24) is 19.5 Å². The zero-order chi connectivity index (χ0) is 20.9. The lowest BCUT2D eigenvalue weighted by atomic mass is 10.1. The molecule has 8 heteroatoms. The average Bonchev–Trinajstić information content (AvgIpc) is 3.08. The summed E-state index contributed by atoms with van der Waals surface area (Å²) in [6.45, 7) is 0.518. The molecule has 2 aromatic carbocycles. The Kier molecular flexibility index (Phi) is 5.58. The lowest BCUT2D eigenvalue weighted by Gasteiger charge is -2.11. The number of hydrogen-bond donors (Lipinski definition) is 3. The quantitative estimate of drug-likeness (QED) is 0.460. The fourth-order valence-corrected chi connectivity index (χ4v) is 3.23. The van der Waals surface area contributed by atoms with Crippen LogP contribution in [0.2, 0.25) is 0 Å². The number of nitrogens with one attached hydrogen (secondary N) is 2. The third-order valence-corrected chi connectivity index (χ3v) is 4.73. The molecule has 0 spiro atoms. The molecule has 0 fully saturated rings. The summed E-state index contributed by atoms with van der Waals surface area (Å²) in [5.74, 6) is 0. The molecule has 4 aromatic rings. The van der Waals surface area contributed by atoms with Gasteiger partial charge in [0.1, 0.15) is 0 Å². The van der Waals surface area contributed by atoms with Crippen molar-refractivity contribution in [1.29, 1.82) is 0 Å². The first-order valence-electron chi connectivity index (χ1n) is 9.49. The highest BCUT2D eigenvalue weighted by Gasteiger charge is 2.08. The molecular weight excluding hydrogens is 382 g/mol. The summed E-state index contributed by atoms with van der Waals surface area (Å²) >= 11 is 0. The van der Waals surface area contributed by atoms with Crippen LogP contribution in [0.3, 0.4) is 0 Å². The van der Waals surface area contributed by atoms with Crippen LogP contribution in [0.15, 0.2) is 77.7 Å². The van der Waals surface area contributed by atoms with Crippen molar-refractivity contribution in [2.75, 3.05) is 5.32 Å². The number of rotatable bonds is 6. The second-order valence-electron chi connectivity index (χ2n) is 6.80. The first kappa shape index (κ1) is 19.4. The van der Waals surface area contributed by atoms with Crippen LogP contribution in [-0.2, 0) is 19.7 Å². The maximum Gasteiger partial charge on any atom is 0.350 e. The zero-order valence-electron chi connectivity index (χ0n) is 16.2. The van der Waals surface area contributed by atoms with Gasteiger partial charge in [0.2, 0.25) is 0 Å². The number of carbonyl (C=O) groups excluding carboxylic acids is 1. The van der Waals surface area contributed by atoms with E-state index >= 15 is 0 Å². The summed E-state index contributed by atoms with van der Waals surface area (Å²) in [6.07, 6.45) is 1.68. The molecule has 30 heavy (non-hydrogen) atoms. The van der Waals surface area contributed by atoms with E-state index in [4.69, 9.17) is 0 Å². The minimum Gasteiger partial charge on any atom is -0.392 e. The fourth-order valence-electron chi connectivity index (χ4n) is 3.23. The van der Waals surface area contributed by atoms with Crippen LogP contribution in [0.1, 0.15) is 16.7 Å². The maximum atomic E-state index is 12.4. The van der Waals surface area contributed by atoms with Gasteiger partial charge in [0.15, 0.2) is 5.65 Å². The number of aliphatic hydroxyl groups excluding tert-OH is 1. The molecule has 2 amide bonds. The Hall–Kier alpha value is -3.91. The van der Waals surface area contributed by atoms with Crippen molar-refractivity contribution in [3.05, 3.63) is 100 Å². The van der Waals surface area contributed by atoms with Crippen molar-refractivity contribution < 1.29 is 9.90 Å².